The summed E-state index contributed by atoms with van der Waals surface area (Å²) in [4.78, 5) is 25.0. The van der Waals surface area contributed by atoms with E-state index in [1.807, 2.05) is 6.92 Å². The second kappa shape index (κ2) is 7.14. The Balaban J connectivity index is 2.11. The highest BCUT2D eigenvalue weighted by Gasteiger charge is 2.36. The quantitative estimate of drug-likeness (QED) is 0.603. The Bertz CT molecular complexity index is 637. The van der Waals surface area contributed by atoms with E-state index in [0.29, 0.717) is 18.0 Å². The third-order valence-corrected chi connectivity index (χ3v) is 4.66. The molecule has 24 heavy (non-hydrogen) atoms. The number of amides is 1. The molecule has 0 aliphatic carbocycles. The lowest BCUT2D eigenvalue weighted by Gasteiger charge is -2.26. The first-order valence-electron chi connectivity index (χ1n) is 7.87. The van der Waals surface area contributed by atoms with Gasteiger partial charge in [-0.1, -0.05) is 6.92 Å². The predicted octanol–water partition coefficient (Wildman–Crippen LogP) is 1.60. The van der Waals surface area contributed by atoms with Crippen molar-refractivity contribution in [2.24, 2.45) is 11.1 Å². The Morgan fingerprint density at radius 1 is 1.58 bits per heavy atom. The van der Waals surface area contributed by atoms with Crippen molar-refractivity contribution in [3.63, 3.8) is 0 Å². The van der Waals surface area contributed by atoms with Gasteiger partial charge in [0.15, 0.2) is 0 Å². The Hall–Kier alpha value is -2.19. The highest BCUT2D eigenvalue weighted by atomic mass is 16.6. The van der Waals surface area contributed by atoms with Crippen LogP contribution in [0.5, 0.6) is 5.75 Å². The van der Waals surface area contributed by atoms with E-state index in [1.54, 1.807) is 0 Å². The molecule has 1 aromatic carbocycles. The van der Waals surface area contributed by atoms with Gasteiger partial charge in [-0.05, 0) is 37.9 Å². The normalized spacial score (nSPS) is 22.2. The minimum absolute atomic E-state index is 0.0256. The number of likely N-dealkylation sites (tertiary alicyclic amines) is 1. The number of rotatable bonds is 6. The number of nitrogens with zero attached hydrogens (tertiary/aromatic N) is 2. The number of nitrogens with two attached hydrogens (primary N) is 1. The van der Waals surface area contributed by atoms with Gasteiger partial charge in [-0.3, -0.25) is 19.8 Å². The van der Waals surface area contributed by atoms with Gasteiger partial charge in [-0.25, -0.2) is 0 Å². The van der Waals surface area contributed by atoms with Crippen molar-refractivity contribution in [2.75, 3.05) is 32.1 Å². The molecule has 0 spiro atoms. The van der Waals surface area contributed by atoms with Crippen LogP contribution in [-0.2, 0) is 4.79 Å². The molecule has 2 rings (SSSR count). The van der Waals surface area contributed by atoms with Gasteiger partial charge in [0.05, 0.1) is 23.8 Å². The van der Waals surface area contributed by atoms with E-state index >= 15 is 0 Å². The van der Waals surface area contributed by atoms with Crippen molar-refractivity contribution in [1.29, 1.82) is 0 Å². The van der Waals surface area contributed by atoms with Crippen molar-refractivity contribution >= 4 is 17.3 Å². The van der Waals surface area contributed by atoms with E-state index in [0.717, 1.165) is 19.5 Å². The van der Waals surface area contributed by atoms with E-state index in [-0.39, 0.29) is 23.1 Å². The molecule has 8 heteroatoms. The molecule has 0 aromatic heterocycles. The number of nitro groups is 1. The zero-order valence-electron chi connectivity index (χ0n) is 14.2. The van der Waals surface area contributed by atoms with Crippen LogP contribution in [0.1, 0.15) is 20.3 Å². The molecule has 0 radical (unpaired) electrons. The van der Waals surface area contributed by atoms with Crippen LogP contribution in [0.2, 0.25) is 0 Å². The highest BCUT2D eigenvalue weighted by Crippen LogP contribution is 2.31. The van der Waals surface area contributed by atoms with Gasteiger partial charge in [0.1, 0.15) is 5.75 Å². The van der Waals surface area contributed by atoms with Crippen LogP contribution in [0, 0.1) is 15.5 Å². The molecule has 1 heterocycles. The number of non-ortho nitro benzene ring substituents is 1. The van der Waals surface area contributed by atoms with Gasteiger partial charge in [-0.15, -0.1) is 0 Å². The number of carbonyl (C=O) groups excluding carboxylic acids is 1. The Morgan fingerprint density at radius 2 is 2.29 bits per heavy atom. The molecule has 1 aliphatic rings. The smallest absolute Gasteiger partial charge is 0.271 e. The number of anilines is 1. The van der Waals surface area contributed by atoms with E-state index in [1.165, 1.54) is 25.3 Å². The zero-order chi connectivity index (χ0) is 17.9. The summed E-state index contributed by atoms with van der Waals surface area (Å²) in [7, 11) is 1.45. The molecular weight excluding hydrogens is 312 g/mol. The monoisotopic (exact) mass is 336 g/mol. The lowest BCUT2D eigenvalue weighted by Crippen LogP contribution is -2.42. The van der Waals surface area contributed by atoms with Crippen molar-refractivity contribution < 1.29 is 14.5 Å². The molecule has 132 valence electrons. The van der Waals surface area contributed by atoms with Crippen molar-refractivity contribution in [3.05, 3.63) is 28.3 Å². The van der Waals surface area contributed by atoms with E-state index in [2.05, 4.69) is 17.1 Å². The minimum Gasteiger partial charge on any atom is -0.495 e. The Morgan fingerprint density at radius 3 is 2.83 bits per heavy atom. The topological polar surface area (TPSA) is 111 Å². The number of nitrogens with one attached hydrogen (secondary N) is 1. The summed E-state index contributed by atoms with van der Waals surface area (Å²) in [5, 5.41) is 13.7. The number of hydrogen-bond donors (Lipinski definition) is 2. The predicted molar refractivity (Wildman–Crippen MR) is 91.1 cm³/mol. The largest absolute Gasteiger partial charge is 0.495 e. The summed E-state index contributed by atoms with van der Waals surface area (Å²) < 4.78 is 5.17. The Kier molecular flexibility index (Phi) is 5.40. The van der Waals surface area contributed by atoms with Gasteiger partial charge in [-0.2, -0.15) is 0 Å². The van der Waals surface area contributed by atoms with E-state index in [4.69, 9.17) is 10.5 Å². The van der Waals surface area contributed by atoms with Gasteiger partial charge in [0.25, 0.3) is 5.69 Å². The third kappa shape index (κ3) is 3.82. The summed E-state index contributed by atoms with van der Waals surface area (Å²) in [6, 6.07) is 3.75. The minimum atomic E-state index is -0.508. The molecule has 0 saturated carbocycles. The van der Waals surface area contributed by atoms with Gasteiger partial charge in [0, 0.05) is 18.7 Å². The molecule has 3 N–H and O–H groups in total. The molecular formula is C16H24N4O4. The SMILES string of the molecule is COc1ccc([N+](=O)[O-])cc1NC(=O)C(C)N1CCC(C)(CN)C1. The standard InChI is InChI=1S/C16H24N4O4/c1-11(19-7-6-16(2,9-17)10-19)15(21)18-13-8-12(20(22)23)4-5-14(13)24-3/h4-5,8,11H,6-7,9-10,17H2,1-3H3,(H,18,21). The molecule has 1 fully saturated rings. The lowest BCUT2D eigenvalue weighted by molar-refractivity contribution is -0.384. The van der Waals surface area contributed by atoms with Crippen molar-refractivity contribution in [3.8, 4) is 5.75 Å². The van der Waals surface area contributed by atoms with Crippen LogP contribution in [0.15, 0.2) is 18.2 Å². The van der Waals surface area contributed by atoms with Crippen molar-refractivity contribution in [2.45, 2.75) is 26.3 Å². The summed E-state index contributed by atoms with van der Waals surface area (Å²) in [6.45, 7) is 6.07. The first kappa shape index (κ1) is 18.2. The maximum absolute atomic E-state index is 12.5. The summed E-state index contributed by atoms with van der Waals surface area (Å²) >= 11 is 0. The second-order valence-electron chi connectivity index (χ2n) is 6.54. The number of hydrogen-bond acceptors (Lipinski definition) is 6. The molecule has 1 aliphatic heterocycles. The van der Waals surface area contributed by atoms with Crippen LogP contribution < -0.4 is 15.8 Å². The second-order valence-corrected chi connectivity index (χ2v) is 6.54. The first-order chi connectivity index (χ1) is 11.3. The number of ether oxygens (including phenoxy) is 1. The lowest BCUT2D eigenvalue weighted by atomic mass is 9.90. The fourth-order valence-electron chi connectivity index (χ4n) is 2.87. The fourth-order valence-corrected chi connectivity index (χ4v) is 2.87. The third-order valence-electron chi connectivity index (χ3n) is 4.66. The summed E-state index contributed by atoms with van der Waals surface area (Å²) in [5.41, 5.74) is 6.03. The molecule has 1 aromatic rings. The maximum Gasteiger partial charge on any atom is 0.271 e. The number of benzene rings is 1. The number of nitro benzene ring substituents is 1. The average Bonchev–Trinajstić information content (AvgIpc) is 2.97. The van der Waals surface area contributed by atoms with Crippen LogP contribution >= 0.6 is 0 Å². The molecule has 2 atom stereocenters. The summed E-state index contributed by atoms with van der Waals surface area (Å²) in [5.74, 6) is 0.157. The molecule has 1 saturated heterocycles. The average molecular weight is 336 g/mol. The van der Waals surface area contributed by atoms with Crippen LogP contribution in [0.25, 0.3) is 0 Å². The number of carbonyl (C=O) groups is 1. The van der Waals surface area contributed by atoms with E-state index < -0.39 is 4.92 Å². The number of methoxy groups -OCH3 is 1. The summed E-state index contributed by atoms with van der Waals surface area (Å²) in [6.07, 6.45) is 0.946. The van der Waals surface area contributed by atoms with Crippen molar-refractivity contribution in [1.82, 2.24) is 4.90 Å². The van der Waals surface area contributed by atoms with Crippen LogP contribution in [0.3, 0.4) is 0 Å². The zero-order valence-corrected chi connectivity index (χ0v) is 14.2. The van der Waals surface area contributed by atoms with E-state index in [9.17, 15) is 14.9 Å². The van der Waals surface area contributed by atoms with Crippen LogP contribution in [0.4, 0.5) is 11.4 Å². The van der Waals surface area contributed by atoms with Gasteiger partial charge >= 0.3 is 0 Å². The van der Waals surface area contributed by atoms with Crippen LogP contribution in [-0.4, -0.2) is 48.5 Å². The molecule has 1 amide bonds. The molecule has 2 unspecified atom stereocenters. The Labute approximate surface area is 141 Å². The highest BCUT2D eigenvalue weighted by molar-refractivity contribution is 5.96. The fraction of sp³-hybridized carbons (Fsp3) is 0.562. The molecule has 0 bridgehead atoms. The first-order valence-corrected chi connectivity index (χ1v) is 7.87. The van der Waals surface area contributed by atoms with Gasteiger partial charge < -0.3 is 15.8 Å². The molecule has 8 nitrogen and oxygen atoms in total. The maximum atomic E-state index is 12.5. The van der Waals surface area contributed by atoms with Gasteiger partial charge in [0.2, 0.25) is 5.91 Å².